The van der Waals surface area contributed by atoms with E-state index >= 15 is 0 Å². The third-order valence-corrected chi connectivity index (χ3v) is 5.18. The summed E-state index contributed by atoms with van der Waals surface area (Å²) in [5, 5.41) is 3.46. The molecule has 6 heteroatoms. The van der Waals surface area contributed by atoms with Crippen molar-refractivity contribution in [3.8, 4) is 0 Å². The highest BCUT2D eigenvalue weighted by molar-refractivity contribution is 7.87. The van der Waals surface area contributed by atoms with Gasteiger partial charge in [-0.15, -0.1) is 0 Å². The summed E-state index contributed by atoms with van der Waals surface area (Å²) >= 11 is 0. The molecule has 1 heterocycles. The summed E-state index contributed by atoms with van der Waals surface area (Å²) in [5.41, 5.74) is 0. The minimum absolute atomic E-state index is 0.379. The lowest BCUT2D eigenvalue weighted by atomic mass is 9.93. The monoisotopic (exact) mass is 277 g/mol. The Hall–Kier alpha value is -0.170. The van der Waals surface area contributed by atoms with Gasteiger partial charge in [-0.25, -0.2) is 4.72 Å². The van der Waals surface area contributed by atoms with Gasteiger partial charge in [0.05, 0.1) is 0 Å². The van der Waals surface area contributed by atoms with Crippen LogP contribution in [0.2, 0.25) is 0 Å². The smallest absolute Gasteiger partial charge is 0.279 e. The average Bonchev–Trinajstić information content (AvgIpc) is 2.36. The van der Waals surface area contributed by atoms with Crippen LogP contribution in [0.25, 0.3) is 0 Å². The van der Waals surface area contributed by atoms with Crippen molar-refractivity contribution >= 4 is 10.2 Å². The Bertz CT molecular complexity index is 332. The van der Waals surface area contributed by atoms with Gasteiger partial charge in [0.15, 0.2) is 0 Å². The molecule has 1 rings (SSSR count). The van der Waals surface area contributed by atoms with Crippen LogP contribution in [0.4, 0.5) is 0 Å². The number of rotatable bonds is 7. The Labute approximate surface area is 112 Å². The lowest BCUT2D eigenvalue weighted by molar-refractivity contribution is 0.222. The van der Waals surface area contributed by atoms with E-state index in [2.05, 4.69) is 23.9 Å². The quantitative estimate of drug-likeness (QED) is 0.728. The van der Waals surface area contributed by atoms with Gasteiger partial charge in [-0.2, -0.15) is 12.7 Å². The van der Waals surface area contributed by atoms with E-state index in [0.29, 0.717) is 31.6 Å². The highest BCUT2D eigenvalue weighted by Crippen LogP contribution is 2.21. The zero-order chi connectivity index (χ0) is 13.6. The van der Waals surface area contributed by atoms with E-state index in [-0.39, 0.29) is 0 Å². The molecule has 0 spiro atoms. The van der Waals surface area contributed by atoms with Gasteiger partial charge in [-0.1, -0.05) is 13.8 Å². The average molecular weight is 277 g/mol. The van der Waals surface area contributed by atoms with Crippen LogP contribution in [0.15, 0.2) is 0 Å². The van der Waals surface area contributed by atoms with Gasteiger partial charge in [-0.3, -0.25) is 0 Å². The third kappa shape index (κ3) is 4.50. The third-order valence-electron chi connectivity index (χ3n) is 3.51. The molecular formula is C12H27N3O2S. The lowest BCUT2D eigenvalue weighted by Gasteiger charge is -2.35. The number of nitrogens with one attached hydrogen (secondary N) is 2. The maximum atomic E-state index is 12.0. The molecule has 0 aromatic rings. The van der Waals surface area contributed by atoms with E-state index in [1.807, 2.05) is 6.92 Å². The van der Waals surface area contributed by atoms with E-state index in [1.165, 1.54) is 0 Å². The lowest BCUT2D eigenvalue weighted by Crippen LogP contribution is -2.49. The van der Waals surface area contributed by atoms with Gasteiger partial charge in [0.25, 0.3) is 10.2 Å². The molecule has 0 aliphatic carbocycles. The normalized spacial score (nSPS) is 24.1. The van der Waals surface area contributed by atoms with Gasteiger partial charge in [0.1, 0.15) is 0 Å². The van der Waals surface area contributed by atoms with Crippen molar-refractivity contribution in [2.24, 2.45) is 5.92 Å². The number of hydrogen-bond donors (Lipinski definition) is 2. The summed E-state index contributed by atoms with van der Waals surface area (Å²) in [4.78, 5) is 0. The molecule has 1 saturated heterocycles. The summed E-state index contributed by atoms with van der Waals surface area (Å²) in [6.45, 7) is 8.83. The second kappa shape index (κ2) is 7.43. The summed E-state index contributed by atoms with van der Waals surface area (Å²) in [7, 11) is -3.26. The van der Waals surface area contributed by atoms with E-state index in [1.54, 1.807) is 4.31 Å². The molecule has 18 heavy (non-hydrogen) atoms. The Morgan fingerprint density at radius 2 is 2.11 bits per heavy atom. The van der Waals surface area contributed by atoms with Gasteiger partial charge in [0.2, 0.25) is 0 Å². The van der Waals surface area contributed by atoms with Crippen molar-refractivity contribution in [2.75, 3.05) is 26.2 Å². The topological polar surface area (TPSA) is 61.4 Å². The fraction of sp³-hybridized carbons (Fsp3) is 1.00. The van der Waals surface area contributed by atoms with Crippen molar-refractivity contribution in [1.29, 1.82) is 0 Å². The van der Waals surface area contributed by atoms with Crippen molar-refractivity contribution in [2.45, 2.75) is 46.1 Å². The van der Waals surface area contributed by atoms with E-state index in [0.717, 1.165) is 25.8 Å². The molecule has 1 aliphatic rings. The largest absolute Gasteiger partial charge is 0.314 e. The summed E-state index contributed by atoms with van der Waals surface area (Å²) in [6.07, 6.45) is 3.17. The summed E-state index contributed by atoms with van der Waals surface area (Å²) in [5.74, 6) is 0.415. The van der Waals surface area contributed by atoms with Crippen molar-refractivity contribution < 1.29 is 8.42 Å². The number of piperidine rings is 1. The fourth-order valence-corrected chi connectivity index (χ4v) is 3.72. The molecule has 1 fully saturated rings. The van der Waals surface area contributed by atoms with Crippen LogP contribution in [0, 0.1) is 5.92 Å². The summed E-state index contributed by atoms with van der Waals surface area (Å²) in [6, 6.07) is 0.379. The van der Waals surface area contributed by atoms with Gasteiger partial charge < -0.3 is 5.32 Å². The highest BCUT2D eigenvalue weighted by atomic mass is 32.2. The second-order valence-electron chi connectivity index (χ2n) is 5.01. The highest BCUT2D eigenvalue weighted by Gasteiger charge is 2.30. The minimum atomic E-state index is -3.26. The molecular weight excluding hydrogens is 250 g/mol. The van der Waals surface area contributed by atoms with Crippen molar-refractivity contribution in [1.82, 2.24) is 14.3 Å². The standard InChI is InChI=1S/C12H27N3O2S/c1-4-8-13-11(3)12-7-6-9-15(10-12)18(16,17)14-5-2/h11-14H,4-10H2,1-3H3. The Balaban J connectivity index is 2.55. The molecule has 0 amide bonds. The van der Waals surface area contributed by atoms with Crippen molar-refractivity contribution in [3.05, 3.63) is 0 Å². The van der Waals surface area contributed by atoms with E-state index < -0.39 is 10.2 Å². The van der Waals surface area contributed by atoms with Crippen LogP contribution in [0.5, 0.6) is 0 Å². The predicted octanol–water partition coefficient (Wildman–Crippen LogP) is 0.941. The zero-order valence-electron chi connectivity index (χ0n) is 11.8. The molecule has 108 valence electrons. The second-order valence-corrected chi connectivity index (χ2v) is 6.76. The molecule has 2 unspecified atom stereocenters. The first-order chi connectivity index (χ1) is 8.51. The molecule has 0 aromatic heterocycles. The van der Waals surface area contributed by atoms with Crippen LogP contribution < -0.4 is 10.0 Å². The molecule has 2 atom stereocenters. The molecule has 1 aliphatic heterocycles. The van der Waals surface area contributed by atoms with Gasteiger partial charge in [-0.05, 0) is 38.6 Å². The van der Waals surface area contributed by atoms with Gasteiger partial charge in [0, 0.05) is 25.7 Å². The molecule has 2 N–H and O–H groups in total. The van der Waals surface area contributed by atoms with Crippen LogP contribution >= 0.6 is 0 Å². The maximum absolute atomic E-state index is 12.0. The van der Waals surface area contributed by atoms with Crippen LogP contribution in [0.1, 0.15) is 40.0 Å². The first-order valence-corrected chi connectivity index (χ1v) is 8.43. The van der Waals surface area contributed by atoms with Crippen LogP contribution in [0.3, 0.4) is 0 Å². The van der Waals surface area contributed by atoms with E-state index in [9.17, 15) is 8.42 Å². The first-order valence-electron chi connectivity index (χ1n) is 6.99. The number of nitrogens with zero attached hydrogens (tertiary/aromatic N) is 1. The van der Waals surface area contributed by atoms with Crippen LogP contribution in [-0.4, -0.2) is 44.9 Å². The molecule has 0 radical (unpaired) electrons. The minimum Gasteiger partial charge on any atom is -0.314 e. The predicted molar refractivity (Wildman–Crippen MR) is 74.6 cm³/mol. The van der Waals surface area contributed by atoms with E-state index in [4.69, 9.17) is 0 Å². The Morgan fingerprint density at radius 1 is 1.39 bits per heavy atom. The maximum Gasteiger partial charge on any atom is 0.279 e. The fourth-order valence-electron chi connectivity index (χ4n) is 2.41. The molecule has 0 bridgehead atoms. The Kier molecular flexibility index (Phi) is 6.55. The molecule has 5 nitrogen and oxygen atoms in total. The summed E-state index contributed by atoms with van der Waals surface area (Å²) < 4.78 is 28.1. The zero-order valence-corrected chi connectivity index (χ0v) is 12.6. The van der Waals surface area contributed by atoms with Crippen molar-refractivity contribution in [3.63, 3.8) is 0 Å². The van der Waals surface area contributed by atoms with Gasteiger partial charge >= 0.3 is 0 Å². The van der Waals surface area contributed by atoms with Crippen LogP contribution in [-0.2, 0) is 10.2 Å². The first kappa shape index (κ1) is 15.9. The SMILES string of the molecule is CCCNC(C)C1CCCN(S(=O)(=O)NCC)C1. The molecule has 0 saturated carbocycles. The Morgan fingerprint density at radius 3 is 2.72 bits per heavy atom. The molecule has 0 aromatic carbocycles. The number of hydrogen-bond acceptors (Lipinski definition) is 3.